The highest BCUT2D eigenvalue weighted by atomic mass is 16.5. The fourth-order valence-corrected chi connectivity index (χ4v) is 3.65. The molecule has 4 rings (SSSR count). The largest absolute Gasteiger partial charge is 0.489 e. The predicted octanol–water partition coefficient (Wildman–Crippen LogP) is 4.46. The molecule has 0 bridgehead atoms. The molecule has 3 aromatic carbocycles. The molecular formula is C25H23N3O2. The Labute approximate surface area is 176 Å². The Morgan fingerprint density at radius 3 is 2.70 bits per heavy atom. The molecule has 1 aliphatic heterocycles. The van der Waals surface area contributed by atoms with Gasteiger partial charge in [-0.25, -0.2) is 0 Å². The van der Waals surface area contributed by atoms with Gasteiger partial charge in [0.2, 0.25) is 0 Å². The lowest BCUT2D eigenvalue weighted by Gasteiger charge is -2.18. The first-order valence-electron chi connectivity index (χ1n) is 10.0. The Bertz CT molecular complexity index is 1060. The number of carbonyl (C=O) groups is 1. The summed E-state index contributed by atoms with van der Waals surface area (Å²) in [5.74, 6) is 0.627. The van der Waals surface area contributed by atoms with Crippen LogP contribution in [-0.4, -0.2) is 29.9 Å². The summed E-state index contributed by atoms with van der Waals surface area (Å²) in [6, 6.07) is 27.1. The van der Waals surface area contributed by atoms with Crippen LogP contribution in [0.25, 0.3) is 0 Å². The number of amides is 1. The molecule has 0 aromatic heterocycles. The minimum atomic E-state index is 0.00948. The normalized spacial score (nSPS) is 15.4. The molecule has 5 nitrogen and oxygen atoms in total. The zero-order valence-corrected chi connectivity index (χ0v) is 16.6. The van der Waals surface area contributed by atoms with Crippen molar-refractivity contribution in [3.05, 3.63) is 95.6 Å². The van der Waals surface area contributed by atoms with E-state index in [4.69, 9.17) is 4.74 Å². The van der Waals surface area contributed by atoms with Gasteiger partial charge in [-0.2, -0.15) is 5.26 Å². The van der Waals surface area contributed by atoms with Gasteiger partial charge in [0.15, 0.2) is 0 Å². The molecule has 0 saturated carbocycles. The maximum absolute atomic E-state index is 13.0. The molecular weight excluding hydrogens is 374 g/mol. The number of benzene rings is 3. The second kappa shape index (κ2) is 9.15. The van der Waals surface area contributed by atoms with E-state index in [1.165, 1.54) is 0 Å². The van der Waals surface area contributed by atoms with Gasteiger partial charge in [-0.15, -0.1) is 0 Å². The predicted molar refractivity (Wildman–Crippen MR) is 116 cm³/mol. The molecule has 1 fully saturated rings. The van der Waals surface area contributed by atoms with Gasteiger partial charge in [0, 0.05) is 35.9 Å². The molecule has 150 valence electrons. The van der Waals surface area contributed by atoms with Crippen LogP contribution in [-0.2, 0) is 6.61 Å². The highest BCUT2D eigenvalue weighted by Gasteiger charge is 2.27. The minimum Gasteiger partial charge on any atom is -0.489 e. The summed E-state index contributed by atoms with van der Waals surface area (Å²) in [7, 11) is 0. The van der Waals surface area contributed by atoms with E-state index < -0.39 is 0 Å². The van der Waals surface area contributed by atoms with Crippen LogP contribution in [0.15, 0.2) is 78.9 Å². The monoisotopic (exact) mass is 397 g/mol. The zero-order chi connectivity index (χ0) is 20.8. The topological polar surface area (TPSA) is 65.4 Å². The third-order valence-electron chi connectivity index (χ3n) is 5.23. The first kappa shape index (κ1) is 19.5. The standard InChI is InChI=1S/C25H23N3O2/c26-16-20-7-4-5-8-21(20)18-30-24-12-6-9-19(15-24)25(29)28-14-13-23(17-28)27-22-10-2-1-3-11-22/h1-12,15,23,27H,13-14,17-18H2. The van der Waals surface area contributed by atoms with Gasteiger partial charge in [-0.05, 0) is 42.8 Å². The Morgan fingerprint density at radius 2 is 1.87 bits per heavy atom. The quantitative estimate of drug-likeness (QED) is 0.667. The summed E-state index contributed by atoms with van der Waals surface area (Å²) in [4.78, 5) is 14.9. The van der Waals surface area contributed by atoms with Crippen LogP contribution < -0.4 is 10.1 Å². The number of likely N-dealkylation sites (tertiary alicyclic amines) is 1. The second-order valence-electron chi connectivity index (χ2n) is 7.33. The Hall–Kier alpha value is -3.78. The number of rotatable bonds is 6. The molecule has 3 aromatic rings. The van der Waals surface area contributed by atoms with Crippen molar-refractivity contribution in [1.29, 1.82) is 5.26 Å². The molecule has 30 heavy (non-hydrogen) atoms. The van der Waals surface area contributed by atoms with Gasteiger partial charge in [-0.1, -0.05) is 42.5 Å². The third-order valence-corrected chi connectivity index (χ3v) is 5.23. The Kier molecular flexibility index (Phi) is 5.95. The number of carbonyl (C=O) groups excluding carboxylic acids is 1. The molecule has 0 radical (unpaired) electrons. The molecule has 0 spiro atoms. The van der Waals surface area contributed by atoms with Crippen molar-refractivity contribution in [1.82, 2.24) is 4.90 Å². The van der Waals surface area contributed by atoms with E-state index in [-0.39, 0.29) is 18.6 Å². The van der Waals surface area contributed by atoms with Crippen LogP contribution in [0.3, 0.4) is 0 Å². The first-order chi connectivity index (χ1) is 14.7. The van der Waals surface area contributed by atoms with Crippen molar-refractivity contribution in [3.63, 3.8) is 0 Å². The lowest BCUT2D eigenvalue weighted by Crippen LogP contribution is -2.31. The Morgan fingerprint density at radius 1 is 1.07 bits per heavy atom. The summed E-state index contributed by atoms with van der Waals surface area (Å²) in [5, 5.41) is 12.7. The average Bonchev–Trinajstić information content (AvgIpc) is 3.26. The minimum absolute atomic E-state index is 0.00948. The van der Waals surface area contributed by atoms with E-state index in [0.29, 0.717) is 23.4 Å². The number of anilines is 1. The van der Waals surface area contributed by atoms with Crippen molar-refractivity contribution in [2.75, 3.05) is 18.4 Å². The molecule has 1 unspecified atom stereocenters. The molecule has 1 N–H and O–H groups in total. The van der Waals surface area contributed by atoms with Crippen LogP contribution in [0.1, 0.15) is 27.9 Å². The van der Waals surface area contributed by atoms with E-state index >= 15 is 0 Å². The number of hydrogen-bond acceptors (Lipinski definition) is 4. The maximum Gasteiger partial charge on any atom is 0.254 e. The maximum atomic E-state index is 13.0. The van der Waals surface area contributed by atoms with E-state index in [1.54, 1.807) is 12.1 Å². The molecule has 1 saturated heterocycles. The van der Waals surface area contributed by atoms with Crippen molar-refractivity contribution in [2.45, 2.75) is 19.1 Å². The summed E-state index contributed by atoms with van der Waals surface area (Å²) in [6.07, 6.45) is 0.918. The van der Waals surface area contributed by atoms with Gasteiger partial charge in [-0.3, -0.25) is 4.79 Å². The SMILES string of the molecule is N#Cc1ccccc1COc1cccc(C(=O)N2CCC(Nc3ccccc3)C2)c1. The fraction of sp³-hybridized carbons (Fsp3) is 0.200. The summed E-state index contributed by atoms with van der Waals surface area (Å²) in [6.45, 7) is 1.69. The molecule has 1 aliphatic rings. The highest BCUT2D eigenvalue weighted by Crippen LogP contribution is 2.21. The van der Waals surface area contributed by atoms with Gasteiger partial charge in [0.05, 0.1) is 11.6 Å². The smallest absolute Gasteiger partial charge is 0.254 e. The van der Waals surface area contributed by atoms with E-state index in [9.17, 15) is 10.1 Å². The zero-order valence-electron chi connectivity index (χ0n) is 16.6. The number of ether oxygens (including phenoxy) is 1. The number of nitrogens with zero attached hydrogens (tertiary/aromatic N) is 2. The van der Waals surface area contributed by atoms with Gasteiger partial charge >= 0.3 is 0 Å². The summed E-state index contributed by atoms with van der Waals surface area (Å²) >= 11 is 0. The lowest BCUT2D eigenvalue weighted by molar-refractivity contribution is 0.0791. The van der Waals surface area contributed by atoms with Gasteiger partial charge < -0.3 is 15.0 Å². The molecule has 0 aliphatic carbocycles. The molecule has 1 atom stereocenters. The Balaban J connectivity index is 1.37. The molecule has 1 amide bonds. The number of nitriles is 1. The lowest BCUT2D eigenvalue weighted by atomic mass is 10.1. The van der Waals surface area contributed by atoms with E-state index in [2.05, 4.69) is 11.4 Å². The van der Waals surface area contributed by atoms with Gasteiger partial charge in [0.25, 0.3) is 5.91 Å². The third kappa shape index (κ3) is 4.61. The number of nitrogens with one attached hydrogen (secondary N) is 1. The van der Waals surface area contributed by atoms with Crippen LogP contribution in [0.5, 0.6) is 5.75 Å². The van der Waals surface area contributed by atoms with Crippen LogP contribution in [0.2, 0.25) is 0 Å². The van der Waals surface area contributed by atoms with Crippen molar-refractivity contribution < 1.29 is 9.53 Å². The molecule has 5 heteroatoms. The first-order valence-corrected chi connectivity index (χ1v) is 10.0. The molecule has 1 heterocycles. The average molecular weight is 397 g/mol. The van der Waals surface area contributed by atoms with E-state index in [1.807, 2.05) is 71.6 Å². The number of para-hydroxylation sites is 1. The van der Waals surface area contributed by atoms with Crippen LogP contribution >= 0.6 is 0 Å². The van der Waals surface area contributed by atoms with Crippen LogP contribution in [0.4, 0.5) is 5.69 Å². The fourth-order valence-electron chi connectivity index (χ4n) is 3.65. The number of hydrogen-bond donors (Lipinski definition) is 1. The van der Waals surface area contributed by atoms with Crippen molar-refractivity contribution in [2.24, 2.45) is 0 Å². The van der Waals surface area contributed by atoms with Crippen molar-refractivity contribution in [3.8, 4) is 11.8 Å². The summed E-state index contributed by atoms with van der Waals surface area (Å²) in [5.41, 5.74) is 3.11. The van der Waals surface area contributed by atoms with Crippen LogP contribution in [0, 0.1) is 11.3 Å². The van der Waals surface area contributed by atoms with E-state index in [0.717, 1.165) is 24.2 Å². The second-order valence-corrected chi connectivity index (χ2v) is 7.33. The van der Waals surface area contributed by atoms with Gasteiger partial charge in [0.1, 0.15) is 12.4 Å². The van der Waals surface area contributed by atoms with Crippen molar-refractivity contribution >= 4 is 11.6 Å². The summed E-state index contributed by atoms with van der Waals surface area (Å²) < 4.78 is 5.85. The highest BCUT2D eigenvalue weighted by molar-refractivity contribution is 5.94.